The van der Waals surface area contributed by atoms with Crippen molar-refractivity contribution in [1.82, 2.24) is 4.90 Å². The van der Waals surface area contributed by atoms with Gasteiger partial charge in [-0.1, -0.05) is 13.0 Å². The Labute approximate surface area is 116 Å². The zero-order chi connectivity index (χ0) is 14.0. The van der Waals surface area contributed by atoms with Gasteiger partial charge in [0.25, 0.3) is 0 Å². The molecule has 106 valence electrons. The summed E-state index contributed by atoms with van der Waals surface area (Å²) in [4.78, 5) is 4.67. The van der Waals surface area contributed by atoms with Crippen molar-refractivity contribution in [3.05, 3.63) is 18.2 Å². The van der Waals surface area contributed by atoms with E-state index in [-0.39, 0.29) is 0 Å². The van der Waals surface area contributed by atoms with E-state index in [1.807, 2.05) is 19.1 Å². The van der Waals surface area contributed by atoms with E-state index in [4.69, 9.17) is 10.5 Å². The summed E-state index contributed by atoms with van der Waals surface area (Å²) < 4.78 is 5.58. The van der Waals surface area contributed by atoms with Crippen molar-refractivity contribution in [3.8, 4) is 5.75 Å². The monoisotopic (exact) mass is 263 g/mol. The van der Waals surface area contributed by atoms with Crippen LogP contribution < -0.4 is 15.4 Å². The highest BCUT2D eigenvalue weighted by Gasteiger charge is 2.32. The van der Waals surface area contributed by atoms with Gasteiger partial charge in [0.1, 0.15) is 5.75 Å². The molecule has 1 aliphatic rings. The van der Waals surface area contributed by atoms with Gasteiger partial charge in [0.2, 0.25) is 0 Å². The second-order valence-electron chi connectivity index (χ2n) is 5.54. The fourth-order valence-corrected chi connectivity index (χ4v) is 2.91. The van der Waals surface area contributed by atoms with Crippen molar-refractivity contribution in [3.63, 3.8) is 0 Å². The number of anilines is 2. The van der Waals surface area contributed by atoms with Gasteiger partial charge in [0, 0.05) is 19.1 Å². The van der Waals surface area contributed by atoms with Gasteiger partial charge in [0.15, 0.2) is 0 Å². The molecule has 0 bridgehead atoms. The van der Waals surface area contributed by atoms with Crippen LogP contribution in [0.25, 0.3) is 0 Å². The average molecular weight is 263 g/mol. The summed E-state index contributed by atoms with van der Waals surface area (Å²) in [6.07, 6.45) is 0. The predicted molar refractivity (Wildman–Crippen MR) is 80.9 cm³/mol. The summed E-state index contributed by atoms with van der Waals surface area (Å²) in [7, 11) is 4.29. The van der Waals surface area contributed by atoms with Crippen molar-refractivity contribution < 1.29 is 4.74 Å². The summed E-state index contributed by atoms with van der Waals surface area (Å²) in [5, 5.41) is 0. The van der Waals surface area contributed by atoms with Crippen LogP contribution in [0.2, 0.25) is 0 Å². The molecule has 1 heterocycles. The average Bonchev–Trinajstić information content (AvgIpc) is 2.74. The topological polar surface area (TPSA) is 41.7 Å². The Kier molecular flexibility index (Phi) is 4.20. The van der Waals surface area contributed by atoms with Gasteiger partial charge in [0.05, 0.1) is 18.0 Å². The summed E-state index contributed by atoms with van der Waals surface area (Å²) in [5.41, 5.74) is 8.10. The zero-order valence-corrected chi connectivity index (χ0v) is 12.4. The fourth-order valence-electron chi connectivity index (χ4n) is 2.91. The number of likely N-dealkylation sites (N-methyl/N-ethyl adjacent to an activating group) is 1. The first-order chi connectivity index (χ1) is 9.04. The van der Waals surface area contributed by atoms with Crippen molar-refractivity contribution in [2.45, 2.75) is 19.9 Å². The number of rotatable bonds is 4. The van der Waals surface area contributed by atoms with Crippen molar-refractivity contribution >= 4 is 11.4 Å². The van der Waals surface area contributed by atoms with Crippen LogP contribution in [0.4, 0.5) is 11.4 Å². The highest BCUT2D eigenvalue weighted by atomic mass is 16.5. The van der Waals surface area contributed by atoms with E-state index in [0.717, 1.165) is 30.2 Å². The highest BCUT2D eigenvalue weighted by Crippen LogP contribution is 2.35. The maximum absolute atomic E-state index is 6.24. The molecule has 2 N–H and O–H groups in total. The molecule has 0 radical (unpaired) electrons. The zero-order valence-electron chi connectivity index (χ0n) is 12.4. The molecule has 0 aromatic heterocycles. The molecule has 2 atom stereocenters. The Balaban J connectivity index is 2.21. The van der Waals surface area contributed by atoms with Crippen LogP contribution in [-0.2, 0) is 0 Å². The van der Waals surface area contributed by atoms with E-state index in [1.54, 1.807) is 0 Å². The van der Waals surface area contributed by atoms with Gasteiger partial charge >= 0.3 is 0 Å². The Morgan fingerprint density at radius 3 is 2.68 bits per heavy atom. The number of ether oxygens (including phenoxy) is 1. The number of nitrogens with zero attached hydrogens (tertiary/aromatic N) is 2. The number of hydrogen-bond acceptors (Lipinski definition) is 4. The third-order valence-corrected chi connectivity index (χ3v) is 3.92. The molecular weight excluding hydrogens is 238 g/mol. The van der Waals surface area contributed by atoms with Crippen molar-refractivity contribution in [2.75, 3.05) is 44.4 Å². The number of nitrogens with two attached hydrogens (primary N) is 1. The summed E-state index contributed by atoms with van der Waals surface area (Å²) >= 11 is 0. The van der Waals surface area contributed by atoms with Crippen LogP contribution in [0.1, 0.15) is 13.8 Å². The van der Waals surface area contributed by atoms with Crippen molar-refractivity contribution in [1.29, 1.82) is 0 Å². The normalized spacial score (nSPS) is 23.1. The van der Waals surface area contributed by atoms with Crippen LogP contribution in [0, 0.1) is 5.92 Å². The van der Waals surface area contributed by atoms with Crippen LogP contribution in [0.15, 0.2) is 18.2 Å². The lowest BCUT2D eigenvalue weighted by atomic mass is 10.1. The number of para-hydroxylation sites is 1. The Bertz CT molecular complexity index is 433. The Morgan fingerprint density at radius 1 is 1.37 bits per heavy atom. The van der Waals surface area contributed by atoms with E-state index in [2.05, 4.69) is 36.9 Å². The van der Waals surface area contributed by atoms with E-state index < -0.39 is 0 Å². The molecule has 0 spiro atoms. The quantitative estimate of drug-likeness (QED) is 0.844. The highest BCUT2D eigenvalue weighted by molar-refractivity contribution is 5.74. The number of hydrogen-bond donors (Lipinski definition) is 1. The molecule has 4 nitrogen and oxygen atoms in total. The van der Waals surface area contributed by atoms with Gasteiger partial charge < -0.3 is 20.3 Å². The van der Waals surface area contributed by atoms with Crippen LogP contribution >= 0.6 is 0 Å². The molecule has 19 heavy (non-hydrogen) atoms. The van der Waals surface area contributed by atoms with Crippen molar-refractivity contribution in [2.24, 2.45) is 5.92 Å². The Hall–Kier alpha value is -1.42. The minimum Gasteiger partial charge on any atom is -0.492 e. The first-order valence-electron chi connectivity index (χ1n) is 6.97. The maximum Gasteiger partial charge on any atom is 0.144 e. The molecule has 0 aliphatic carbocycles. The lowest BCUT2D eigenvalue weighted by molar-refractivity contribution is 0.266. The van der Waals surface area contributed by atoms with Crippen LogP contribution in [0.3, 0.4) is 0 Å². The SMILES string of the molecule is CCOc1cccc(N2CC(C)C(N(C)C)C2)c1N. The predicted octanol–water partition coefficient (Wildman–Crippen LogP) is 2.05. The van der Waals surface area contributed by atoms with E-state index >= 15 is 0 Å². The minimum atomic E-state index is 0.579. The van der Waals surface area contributed by atoms with Gasteiger partial charge in [-0.05, 0) is 39.1 Å². The first-order valence-corrected chi connectivity index (χ1v) is 6.97. The first kappa shape index (κ1) is 14.0. The standard InChI is InChI=1S/C15H25N3O/c1-5-19-14-8-6-7-12(15(14)16)18-9-11(2)13(10-18)17(3)4/h6-8,11,13H,5,9-10,16H2,1-4H3. The fraction of sp³-hybridized carbons (Fsp3) is 0.600. The third-order valence-electron chi connectivity index (χ3n) is 3.92. The smallest absolute Gasteiger partial charge is 0.144 e. The second-order valence-corrected chi connectivity index (χ2v) is 5.54. The molecule has 2 rings (SSSR count). The van der Waals surface area contributed by atoms with E-state index in [9.17, 15) is 0 Å². The molecule has 1 aromatic rings. The molecule has 1 aromatic carbocycles. The van der Waals surface area contributed by atoms with Gasteiger partial charge in [-0.25, -0.2) is 0 Å². The molecular formula is C15H25N3O. The van der Waals surface area contributed by atoms with E-state index in [0.29, 0.717) is 18.6 Å². The number of benzene rings is 1. The molecule has 1 saturated heterocycles. The molecule has 1 aliphatic heterocycles. The lowest BCUT2D eigenvalue weighted by Gasteiger charge is -2.24. The van der Waals surface area contributed by atoms with E-state index in [1.165, 1.54) is 0 Å². The third kappa shape index (κ3) is 2.78. The largest absolute Gasteiger partial charge is 0.492 e. The lowest BCUT2D eigenvalue weighted by Crippen LogP contribution is -2.34. The maximum atomic E-state index is 6.24. The molecule has 4 heteroatoms. The molecule has 0 saturated carbocycles. The van der Waals surface area contributed by atoms with Gasteiger partial charge in [-0.15, -0.1) is 0 Å². The molecule has 0 amide bonds. The van der Waals surface area contributed by atoms with Crippen LogP contribution in [0.5, 0.6) is 5.75 Å². The Morgan fingerprint density at radius 2 is 2.11 bits per heavy atom. The molecule has 1 fully saturated rings. The summed E-state index contributed by atoms with van der Waals surface area (Å²) in [6, 6.07) is 6.62. The minimum absolute atomic E-state index is 0.579. The summed E-state index contributed by atoms with van der Waals surface area (Å²) in [6.45, 7) is 6.99. The van der Waals surface area contributed by atoms with Gasteiger partial charge in [-0.2, -0.15) is 0 Å². The van der Waals surface area contributed by atoms with Crippen LogP contribution in [-0.4, -0.2) is 44.7 Å². The number of nitrogen functional groups attached to an aromatic ring is 1. The second kappa shape index (κ2) is 5.70. The molecule has 2 unspecified atom stereocenters. The van der Waals surface area contributed by atoms with Gasteiger partial charge in [-0.3, -0.25) is 0 Å². The summed E-state index contributed by atoms with van der Waals surface area (Å²) in [5.74, 6) is 1.44.